The third kappa shape index (κ3) is 3.22. The highest BCUT2D eigenvalue weighted by Gasteiger charge is 2.17. The van der Waals surface area contributed by atoms with Crippen LogP contribution >= 0.6 is 23.2 Å². The topological polar surface area (TPSA) is 50.9 Å². The molecule has 100 valence electrons. The summed E-state index contributed by atoms with van der Waals surface area (Å²) in [5, 5.41) is 0.603. The second kappa shape index (κ2) is 6.30. The molecule has 0 saturated carbocycles. The number of hydrogen-bond acceptors (Lipinski definition) is 3. The second-order valence-electron chi connectivity index (χ2n) is 4.03. The quantitative estimate of drug-likeness (QED) is 0.673. The standard InChI is InChI=1S/C13H12Cl2FN3/c14-10-7-18-5-4-8(10)6-12(19-17)9-2-1-3-11(16)13(9)15/h1-5,7,12,19H,6,17H2. The Balaban J connectivity index is 2.31. The molecular weight excluding hydrogens is 288 g/mol. The van der Waals surface area contributed by atoms with E-state index in [2.05, 4.69) is 10.4 Å². The lowest BCUT2D eigenvalue weighted by Crippen LogP contribution is -2.30. The van der Waals surface area contributed by atoms with Gasteiger partial charge in [-0.3, -0.25) is 16.3 Å². The highest BCUT2D eigenvalue weighted by molar-refractivity contribution is 6.31. The first-order valence-electron chi connectivity index (χ1n) is 5.62. The Bertz CT molecular complexity index is 578. The van der Waals surface area contributed by atoms with Gasteiger partial charge in [-0.1, -0.05) is 35.3 Å². The molecule has 2 rings (SSSR count). The number of nitrogens with two attached hydrogens (primary N) is 1. The van der Waals surface area contributed by atoms with E-state index in [0.717, 1.165) is 5.56 Å². The highest BCUT2D eigenvalue weighted by Crippen LogP contribution is 2.29. The van der Waals surface area contributed by atoms with Crippen LogP contribution in [0, 0.1) is 5.82 Å². The van der Waals surface area contributed by atoms with Gasteiger partial charge in [-0.25, -0.2) is 4.39 Å². The van der Waals surface area contributed by atoms with Crippen molar-refractivity contribution in [2.24, 2.45) is 5.84 Å². The van der Waals surface area contributed by atoms with E-state index in [1.165, 1.54) is 6.07 Å². The van der Waals surface area contributed by atoms with Crippen LogP contribution in [0.4, 0.5) is 4.39 Å². The van der Waals surface area contributed by atoms with Crippen LogP contribution in [0.15, 0.2) is 36.7 Å². The van der Waals surface area contributed by atoms with E-state index >= 15 is 0 Å². The number of nitrogens with one attached hydrogen (secondary N) is 1. The number of halogens is 3. The Hall–Kier alpha value is -1.20. The van der Waals surface area contributed by atoms with Crippen molar-refractivity contribution in [3.8, 4) is 0 Å². The molecule has 1 aromatic heterocycles. The monoisotopic (exact) mass is 299 g/mol. The summed E-state index contributed by atoms with van der Waals surface area (Å²) >= 11 is 12.0. The molecule has 0 fully saturated rings. The third-order valence-electron chi connectivity index (χ3n) is 2.84. The Morgan fingerprint density at radius 1 is 1.32 bits per heavy atom. The first kappa shape index (κ1) is 14.2. The molecule has 0 saturated heterocycles. The Morgan fingerprint density at radius 2 is 2.11 bits per heavy atom. The minimum Gasteiger partial charge on any atom is -0.271 e. The lowest BCUT2D eigenvalue weighted by Gasteiger charge is -2.18. The third-order valence-corrected chi connectivity index (χ3v) is 3.58. The average Bonchev–Trinajstić information content (AvgIpc) is 2.41. The van der Waals surface area contributed by atoms with E-state index in [0.29, 0.717) is 17.0 Å². The predicted molar refractivity (Wildman–Crippen MR) is 74.4 cm³/mol. The van der Waals surface area contributed by atoms with Gasteiger partial charge in [0.2, 0.25) is 0 Å². The number of pyridine rings is 1. The first-order chi connectivity index (χ1) is 9.13. The van der Waals surface area contributed by atoms with Crippen molar-refractivity contribution in [2.45, 2.75) is 12.5 Å². The minimum atomic E-state index is -0.472. The molecule has 1 heterocycles. The van der Waals surface area contributed by atoms with Gasteiger partial charge in [0.1, 0.15) is 5.82 Å². The molecule has 1 atom stereocenters. The number of benzene rings is 1. The van der Waals surface area contributed by atoms with Gasteiger partial charge >= 0.3 is 0 Å². The number of aromatic nitrogens is 1. The van der Waals surface area contributed by atoms with Gasteiger partial charge in [0, 0.05) is 12.4 Å². The zero-order chi connectivity index (χ0) is 13.8. The fourth-order valence-electron chi connectivity index (χ4n) is 1.84. The highest BCUT2D eigenvalue weighted by atomic mass is 35.5. The van der Waals surface area contributed by atoms with Gasteiger partial charge in [0.15, 0.2) is 0 Å². The number of nitrogens with zero attached hydrogens (tertiary/aromatic N) is 1. The summed E-state index contributed by atoms with van der Waals surface area (Å²) in [6.45, 7) is 0. The molecule has 0 spiro atoms. The fraction of sp³-hybridized carbons (Fsp3) is 0.154. The molecule has 0 aliphatic rings. The molecule has 0 aliphatic carbocycles. The molecule has 6 heteroatoms. The maximum atomic E-state index is 13.5. The Morgan fingerprint density at radius 3 is 2.79 bits per heavy atom. The van der Waals surface area contributed by atoms with Gasteiger partial charge < -0.3 is 0 Å². The first-order valence-corrected chi connectivity index (χ1v) is 6.37. The van der Waals surface area contributed by atoms with Gasteiger partial charge in [0.05, 0.1) is 16.1 Å². The zero-order valence-corrected chi connectivity index (χ0v) is 11.4. The summed E-state index contributed by atoms with van der Waals surface area (Å²) in [4.78, 5) is 3.91. The van der Waals surface area contributed by atoms with Crippen LogP contribution < -0.4 is 11.3 Å². The van der Waals surface area contributed by atoms with Crippen molar-refractivity contribution >= 4 is 23.2 Å². The van der Waals surface area contributed by atoms with Crippen LogP contribution in [0.3, 0.4) is 0 Å². The summed E-state index contributed by atoms with van der Waals surface area (Å²) in [5.41, 5.74) is 4.09. The van der Waals surface area contributed by atoms with E-state index in [1.807, 2.05) is 0 Å². The van der Waals surface area contributed by atoms with Gasteiger partial charge in [-0.05, 0) is 29.7 Å². The SMILES string of the molecule is NNC(Cc1ccncc1Cl)c1cccc(F)c1Cl. The number of rotatable bonds is 4. The van der Waals surface area contributed by atoms with Crippen LogP contribution in [0.2, 0.25) is 10.0 Å². The van der Waals surface area contributed by atoms with Crippen LogP contribution in [0.5, 0.6) is 0 Å². The fourth-order valence-corrected chi connectivity index (χ4v) is 2.29. The van der Waals surface area contributed by atoms with Gasteiger partial charge in [0.25, 0.3) is 0 Å². The molecule has 0 aliphatic heterocycles. The molecule has 3 nitrogen and oxygen atoms in total. The summed E-state index contributed by atoms with van der Waals surface area (Å²) in [6.07, 6.45) is 3.68. The van der Waals surface area contributed by atoms with Crippen molar-refractivity contribution in [3.63, 3.8) is 0 Å². The van der Waals surface area contributed by atoms with Gasteiger partial charge in [-0.15, -0.1) is 0 Å². The van der Waals surface area contributed by atoms with E-state index in [1.54, 1.807) is 30.6 Å². The molecule has 0 amide bonds. The molecule has 3 N–H and O–H groups in total. The largest absolute Gasteiger partial charge is 0.271 e. The number of hydrazine groups is 1. The molecule has 0 radical (unpaired) electrons. The van der Waals surface area contributed by atoms with E-state index < -0.39 is 5.82 Å². The second-order valence-corrected chi connectivity index (χ2v) is 4.82. The summed E-state index contributed by atoms with van der Waals surface area (Å²) in [5.74, 6) is 5.06. The Labute approximate surface area is 120 Å². The maximum Gasteiger partial charge on any atom is 0.142 e. The van der Waals surface area contributed by atoms with E-state index in [9.17, 15) is 4.39 Å². The predicted octanol–water partition coefficient (Wildman–Crippen LogP) is 3.27. The lowest BCUT2D eigenvalue weighted by molar-refractivity contribution is 0.544. The summed E-state index contributed by atoms with van der Waals surface area (Å²) < 4.78 is 13.5. The lowest BCUT2D eigenvalue weighted by atomic mass is 10.00. The number of hydrogen-bond donors (Lipinski definition) is 2. The molecule has 2 aromatic rings. The van der Waals surface area contributed by atoms with E-state index in [4.69, 9.17) is 29.0 Å². The van der Waals surface area contributed by atoms with Crippen molar-refractivity contribution in [1.29, 1.82) is 0 Å². The molecule has 19 heavy (non-hydrogen) atoms. The van der Waals surface area contributed by atoms with Crippen molar-refractivity contribution in [3.05, 3.63) is 63.6 Å². The molecular formula is C13H12Cl2FN3. The normalized spacial score (nSPS) is 12.4. The molecule has 1 unspecified atom stereocenters. The minimum absolute atomic E-state index is 0.0654. The van der Waals surface area contributed by atoms with Crippen LogP contribution in [-0.2, 0) is 6.42 Å². The average molecular weight is 300 g/mol. The smallest absolute Gasteiger partial charge is 0.142 e. The van der Waals surface area contributed by atoms with Crippen molar-refractivity contribution in [2.75, 3.05) is 0 Å². The Kier molecular flexibility index (Phi) is 4.71. The van der Waals surface area contributed by atoms with Crippen molar-refractivity contribution in [1.82, 2.24) is 10.4 Å². The maximum absolute atomic E-state index is 13.5. The van der Waals surface area contributed by atoms with Crippen LogP contribution in [-0.4, -0.2) is 4.98 Å². The van der Waals surface area contributed by atoms with Crippen molar-refractivity contribution < 1.29 is 4.39 Å². The van der Waals surface area contributed by atoms with Crippen LogP contribution in [0.1, 0.15) is 17.2 Å². The van der Waals surface area contributed by atoms with Crippen LogP contribution in [0.25, 0.3) is 0 Å². The van der Waals surface area contributed by atoms with Gasteiger partial charge in [-0.2, -0.15) is 0 Å². The summed E-state index contributed by atoms with van der Waals surface area (Å²) in [7, 11) is 0. The zero-order valence-electron chi connectivity index (χ0n) is 9.91. The summed E-state index contributed by atoms with van der Waals surface area (Å²) in [6, 6.07) is 6.08. The molecule has 0 bridgehead atoms. The molecule has 1 aromatic carbocycles. The van der Waals surface area contributed by atoms with E-state index in [-0.39, 0.29) is 11.1 Å².